The fourth-order valence-corrected chi connectivity index (χ4v) is 2.81. The lowest BCUT2D eigenvalue weighted by Gasteiger charge is -2.35. The number of carbonyl (C=O) groups is 2. The zero-order chi connectivity index (χ0) is 16.7. The average Bonchev–Trinajstić information content (AvgIpc) is 2.60. The molecule has 2 N–H and O–H groups in total. The molecule has 2 aliphatic heterocycles. The summed E-state index contributed by atoms with van der Waals surface area (Å²) in [5.41, 5.74) is 5.71. The molecule has 0 spiro atoms. The first-order valence-corrected chi connectivity index (χ1v) is 7.95. The Kier molecular flexibility index (Phi) is 6.38. The van der Waals surface area contributed by atoms with Crippen molar-refractivity contribution in [3.05, 3.63) is 11.8 Å². The smallest absolute Gasteiger partial charge is 0.266 e. The molecule has 8 heteroatoms. The van der Waals surface area contributed by atoms with E-state index in [1.54, 1.807) is 16.0 Å². The number of nitrogens with two attached hydrogens (primary N) is 1. The summed E-state index contributed by atoms with van der Waals surface area (Å²) in [6.07, 6.45) is 2.47. The van der Waals surface area contributed by atoms with Gasteiger partial charge in [0, 0.05) is 71.6 Å². The molecule has 0 aromatic heterocycles. The lowest BCUT2D eigenvalue weighted by molar-refractivity contribution is -0.128. The second-order valence-corrected chi connectivity index (χ2v) is 5.75. The van der Waals surface area contributed by atoms with Gasteiger partial charge in [0.05, 0.1) is 0 Å². The van der Waals surface area contributed by atoms with Crippen LogP contribution in [-0.4, -0.2) is 97.4 Å². The normalized spacial score (nSPS) is 20.3. The highest BCUT2D eigenvalue weighted by molar-refractivity contribution is 5.97. The van der Waals surface area contributed by atoms with Gasteiger partial charge in [-0.3, -0.25) is 14.5 Å². The SMILES string of the molecule is N#C/C(=C/N1CCN(C=O)CC1)C(=O)N1CCN(CCN)CC1. The predicted octanol–water partition coefficient (Wildman–Crippen LogP) is -1.73. The van der Waals surface area contributed by atoms with Crippen LogP contribution < -0.4 is 5.73 Å². The van der Waals surface area contributed by atoms with E-state index in [0.717, 1.165) is 26.0 Å². The number of carbonyl (C=O) groups excluding carboxylic acids is 2. The van der Waals surface area contributed by atoms with Gasteiger partial charge >= 0.3 is 0 Å². The molecular formula is C15H24N6O2. The van der Waals surface area contributed by atoms with Gasteiger partial charge in [0.25, 0.3) is 5.91 Å². The molecule has 2 fully saturated rings. The molecule has 0 radical (unpaired) electrons. The largest absolute Gasteiger partial charge is 0.373 e. The van der Waals surface area contributed by atoms with Gasteiger partial charge < -0.3 is 20.4 Å². The van der Waals surface area contributed by atoms with Crippen molar-refractivity contribution in [1.29, 1.82) is 5.26 Å². The van der Waals surface area contributed by atoms with Crippen molar-refractivity contribution in [2.75, 3.05) is 65.4 Å². The summed E-state index contributed by atoms with van der Waals surface area (Å²) < 4.78 is 0. The van der Waals surface area contributed by atoms with Crippen LogP contribution >= 0.6 is 0 Å². The van der Waals surface area contributed by atoms with Crippen LogP contribution in [0.2, 0.25) is 0 Å². The summed E-state index contributed by atoms with van der Waals surface area (Å²) >= 11 is 0. The van der Waals surface area contributed by atoms with Crippen LogP contribution in [-0.2, 0) is 9.59 Å². The minimum absolute atomic E-state index is 0.164. The van der Waals surface area contributed by atoms with Gasteiger partial charge in [-0.05, 0) is 0 Å². The molecule has 2 aliphatic rings. The summed E-state index contributed by atoms with van der Waals surface area (Å²) in [5, 5.41) is 9.31. The van der Waals surface area contributed by atoms with Gasteiger partial charge in [0.15, 0.2) is 0 Å². The molecule has 126 valence electrons. The standard InChI is InChI=1S/C15H24N6O2/c16-1-2-18-7-9-21(10-8-18)15(23)14(11-17)12-19-3-5-20(13-22)6-4-19/h12-13H,1-10,16H2/b14-12-. The first-order chi connectivity index (χ1) is 11.2. The van der Waals surface area contributed by atoms with E-state index < -0.39 is 0 Å². The van der Waals surface area contributed by atoms with Crippen LogP contribution in [0.25, 0.3) is 0 Å². The summed E-state index contributed by atoms with van der Waals surface area (Å²) in [7, 11) is 0. The molecule has 8 nitrogen and oxygen atoms in total. The van der Waals surface area contributed by atoms with Crippen LogP contribution in [0.3, 0.4) is 0 Å². The van der Waals surface area contributed by atoms with Crippen LogP contribution in [0.1, 0.15) is 0 Å². The lowest BCUT2D eigenvalue weighted by atomic mass is 10.2. The van der Waals surface area contributed by atoms with Crippen molar-refractivity contribution in [2.45, 2.75) is 0 Å². The van der Waals surface area contributed by atoms with Gasteiger partial charge in [-0.2, -0.15) is 5.26 Å². The van der Waals surface area contributed by atoms with Crippen molar-refractivity contribution in [3.8, 4) is 6.07 Å². The summed E-state index contributed by atoms with van der Waals surface area (Å²) in [4.78, 5) is 30.8. The van der Waals surface area contributed by atoms with Gasteiger partial charge in [0.2, 0.25) is 6.41 Å². The lowest BCUT2D eigenvalue weighted by Crippen LogP contribution is -2.50. The third-order valence-electron chi connectivity index (χ3n) is 4.27. The molecule has 0 unspecified atom stereocenters. The first kappa shape index (κ1) is 17.2. The van der Waals surface area contributed by atoms with Crippen molar-refractivity contribution < 1.29 is 9.59 Å². The average molecular weight is 320 g/mol. The fourth-order valence-electron chi connectivity index (χ4n) is 2.81. The van der Waals surface area contributed by atoms with E-state index in [1.807, 2.05) is 11.0 Å². The van der Waals surface area contributed by atoms with Crippen molar-refractivity contribution in [3.63, 3.8) is 0 Å². The van der Waals surface area contributed by atoms with E-state index >= 15 is 0 Å². The summed E-state index contributed by atoms with van der Waals surface area (Å²) in [5.74, 6) is -0.210. The number of piperazine rings is 2. The van der Waals surface area contributed by atoms with E-state index in [2.05, 4.69) is 4.90 Å². The molecule has 0 aromatic rings. The monoisotopic (exact) mass is 320 g/mol. The number of amides is 2. The Morgan fingerprint density at radius 1 is 1.04 bits per heavy atom. The van der Waals surface area contributed by atoms with Crippen LogP contribution in [0.4, 0.5) is 0 Å². The highest BCUT2D eigenvalue weighted by Crippen LogP contribution is 2.09. The van der Waals surface area contributed by atoms with Crippen molar-refractivity contribution in [1.82, 2.24) is 19.6 Å². The van der Waals surface area contributed by atoms with Gasteiger partial charge in [0.1, 0.15) is 11.6 Å². The second kappa shape index (κ2) is 8.50. The van der Waals surface area contributed by atoms with E-state index in [-0.39, 0.29) is 11.5 Å². The van der Waals surface area contributed by atoms with E-state index in [9.17, 15) is 14.9 Å². The van der Waals surface area contributed by atoms with Gasteiger partial charge in [-0.1, -0.05) is 0 Å². The molecule has 2 amide bonds. The van der Waals surface area contributed by atoms with Crippen molar-refractivity contribution >= 4 is 12.3 Å². The van der Waals surface area contributed by atoms with E-state index in [4.69, 9.17) is 5.73 Å². The zero-order valence-electron chi connectivity index (χ0n) is 13.4. The van der Waals surface area contributed by atoms with Gasteiger partial charge in [-0.15, -0.1) is 0 Å². The molecule has 0 aliphatic carbocycles. The number of rotatable bonds is 5. The minimum atomic E-state index is -0.210. The fraction of sp³-hybridized carbons (Fsp3) is 0.667. The predicted molar refractivity (Wildman–Crippen MR) is 85.0 cm³/mol. The molecular weight excluding hydrogens is 296 g/mol. The number of hydrogen-bond acceptors (Lipinski definition) is 6. The highest BCUT2D eigenvalue weighted by atomic mass is 16.2. The molecule has 0 aromatic carbocycles. The molecule has 0 bridgehead atoms. The summed E-state index contributed by atoms with van der Waals surface area (Å²) in [6, 6.07) is 2.02. The molecule has 0 saturated carbocycles. The molecule has 2 heterocycles. The number of nitrogens with zero attached hydrogens (tertiary/aromatic N) is 5. The molecule has 23 heavy (non-hydrogen) atoms. The maximum atomic E-state index is 12.5. The Morgan fingerprint density at radius 3 is 2.17 bits per heavy atom. The Bertz CT molecular complexity index is 485. The van der Waals surface area contributed by atoms with Crippen LogP contribution in [0, 0.1) is 11.3 Å². The summed E-state index contributed by atoms with van der Waals surface area (Å²) in [6.45, 7) is 6.79. The molecule has 2 rings (SSSR count). The molecule has 2 saturated heterocycles. The number of hydrogen-bond donors (Lipinski definition) is 1. The maximum Gasteiger partial charge on any atom is 0.266 e. The highest BCUT2D eigenvalue weighted by Gasteiger charge is 2.24. The van der Waals surface area contributed by atoms with E-state index in [1.165, 1.54) is 0 Å². The van der Waals surface area contributed by atoms with Gasteiger partial charge in [-0.25, -0.2) is 0 Å². The first-order valence-electron chi connectivity index (χ1n) is 7.95. The van der Waals surface area contributed by atoms with Crippen LogP contribution in [0.5, 0.6) is 0 Å². The Balaban J connectivity index is 1.90. The molecule has 0 atom stereocenters. The van der Waals surface area contributed by atoms with Crippen LogP contribution in [0.15, 0.2) is 11.8 Å². The Hall–Kier alpha value is -2.11. The quantitative estimate of drug-likeness (QED) is 0.367. The topological polar surface area (TPSA) is 96.9 Å². The third-order valence-corrected chi connectivity index (χ3v) is 4.27. The second-order valence-electron chi connectivity index (χ2n) is 5.75. The third kappa shape index (κ3) is 4.68. The van der Waals surface area contributed by atoms with E-state index in [0.29, 0.717) is 45.8 Å². The minimum Gasteiger partial charge on any atom is -0.373 e. The Morgan fingerprint density at radius 2 is 1.65 bits per heavy atom. The van der Waals surface area contributed by atoms with Crippen molar-refractivity contribution in [2.24, 2.45) is 5.73 Å². The maximum absolute atomic E-state index is 12.5. The Labute approximate surface area is 136 Å². The number of nitriles is 1. The zero-order valence-corrected chi connectivity index (χ0v) is 13.4.